The van der Waals surface area contributed by atoms with E-state index in [2.05, 4.69) is 12.2 Å². The van der Waals surface area contributed by atoms with Crippen molar-refractivity contribution in [2.24, 2.45) is 17.6 Å². The van der Waals surface area contributed by atoms with Crippen LogP contribution in [0.25, 0.3) is 0 Å². The highest BCUT2D eigenvalue weighted by Crippen LogP contribution is 2.32. The molecule has 1 saturated heterocycles. The largest absolute Gasteiger partial charge is 0.352 e. The second-order valence-corrected chi connectivity index (χ2v) is 6.40. The Morgan fingerprint density at radius 1 is 1.42 bits per heavy atom. The van der Waals surface area contributed by atoms with E-state index >= 15 is 0 Å². The lowest BCUT2D eigenvalue weighted by Gasteiger charge is -2.45. The van der Waals surface area contributed by atoms with Gasteiger partial charge in [0.15, 0.2) is 0 Å². The number of piperazine rings is 1. The fourth-order valence-corrected chi connectivity index (χ4v) is 3.35. The molecule has 3 unspecified atom stereocenters. The molecule has 0 radical (unpaired) electrons. The van der Waals surface area contributed by atoms with Gasteiger partial charge in [-0.1, -0.05) is 13.3 Å². The monoisotopic (exact) mass is 267 g/mol. The van der Waals surface area contributed by atoms with Gasteiger partial charge in [-0.2, -0.15) is 0 Å². The highest BCUT2D eigenvalue weighted by Gasteiger charge is 2.45. The van der Waals surface area contributed by atoms with E-state index in [1.165, 1.54) is 0 Å². The van der Waals surface area contributed by atoms with E-state index in [9.17, 15) is 9.59 Å². The quantitative estimate of drug-likeness (QED) is 0.726. The minimum atomic E-state index is -0.772. The molecule has 1 aliphatic heterocycles. The molecule has 3 N–H and O–H groups in total. The van der Waals surface area contributed by atoms with Crippen LogP contribution in [0.5, 0.6) is 0 Å². The first-order valence-corrected chi connectivity index (χ1v) is 7.21. The SMILES string of the molecule is CC1CCCC(N)C1C(=O)N1CCNC(=O)C1(C)C. The average Bonchev–Trinajstić information content (AvgIpc) is 2.32. The second-order valence-electron chi connectivity index (χ2n) is 6.40. The number of nitrogens with zero attached hydrogens (tertiary/aromatic N) is 1. The highest BCUT2D eigenvalue weighted by atomic mass is 16.2. The van der Waals surface area contributed by atoms with Gasteiger partial charge in [0.05, 0.1) is 5.92 Å². The van der Waals surface area contributed by atoms with Crippen LogP contribution >= 0.6 is 0 Å². The number of nitrogens with one attached hydrogen (secondary N) is 1. The highest BCUT2D eigenvalue weighted by molar-refractivity contribution is 5.92. The van der Waals surface area contributed by atoms with Gasteiger partial charge in [-0.3, -0.25) is 9.59 Å². The van der Waals surface area contributed by atoms with Crippen molar-refractivity contribution in [3.8, 4) is 0 Å². The lowest BCUT2D eigenvalue weighted by Crippen LogP contribution is -2.65. The molecule has 19 heavy (non-hydrogen) atoms. The van der Waals surface area contributed by atoms with Crippen LogP contribution < -0.4 is 11.1 Å². The van der Waals surface area contributed by atoms with E-state index in [-0.39, 0.29) is 23.8 Å². The number of amides is 2. The van der Waals surface area contributed by atoms with Crippen LogP contribution in [0.2, 0.25) is 0 Å². The maximum Gasteiger partial charge on any atom is 0.245 e. The van der Waals surface area contributed by atoms with Crippen molar-refractivity contribution in [2.45, 2.75) is 51.6 Å². The normalized spacial score (nSPS) is 34.8. The van der Waals surface area contributed by atoms with Gasteiger partial charge in [0.1, 0.15) is 5.54 Å². The van der Waals surface area contributed by atoms with Gasteiger partial charge in [-0.05, 0) is 32.6 Å². The zero-order chi connectivity index (χ0) is 14.2. The summed E-state index contributed by atoms with van der Waals surface area (Å²) in [6.07, 6.45) is 3.04. The molecule has 108 valence electrons. The predicted molar refractivity (Wildman–Crippen MR) is 73.3 cm³/mol. The van der Waals surface area contributed by atoms with Crippen LogP contribution in [0.15, 0.2) is 0 Å². The molecular formula is C14H25N3O2. The fraction of sp³-hybridized carbons (Fsp3) is 0.857. The van der Waals surface area contributed by atoms with Gasteiger partial charge in [0.2, 0.25) is 11.8 Å². The zero-order valence-electron chi connectivity index (χ0n) is 12.1. The topological polar surface area (TPSA) is 75.4 Å². The molecule has 0 aromatic carbocycles. The maximum atomic E-state index is 12.8. The summed E-state index contributed by atoms with van der Waals surface area (Å²) in [6.45, 7) is 6.81. The first-order valence-electron chi connectivity index (χ1n) is 7.21. The van der Waals surface area contributed by atoms with E-state index in [0.717, 1.165) is 19.3 Å². The first kappa shape index (κ1) is 14.3. The van der Waals surface area contributed by atoms with Crippen LogP contribution in [-0.2, 0) is 9.59 Å². The summed E-state index contributed by atoms with van der Waals surface area (Å²) < 4.78 is 0. The number of nitrogens with two attached hydrogens (primary N) is 1. The van der Waals surface area contributed by atoms with Crippen LogP contribution in [-0.4, -0.2) is 41.4 Å². The summed E-state index contributed by atoms with van der Waals surface area (Å²) in [6, 6.07) is -0.0722. The van der Waals surface area contributed by atoms with E-state index in [0.29, 0.717) is 19.0 Å². The van der Waals surface area contributed by atoms with Crippen molar-refractivity contribution in [3.63, 3.8) is 0 Å². The third kappa shape index (κ3) is 2.48. The zero-order valence-corrected chi connectivity index (χ0v) is 12.1. The average molecular weight is 267 g/mol. The standard InChI is InChI=1S/C14H25N3O2/c1-9-5-4-6-10(15)11(9)12(18)17-8-7-16-13(19)14(17,2)3/h9-11H,4-8,15H2,1-3H3,(H,16,19). The van der Waals surface area contributed by atoms with Crippen LogP contribution in [0.4, 0.5) is 0 Å². The molecule has 2 amide bonds. The summed E-state index contributed by atoms with van der Waals surface area (Å²) in [7, 11) is 0. The number of hydrogen-bond donors (Lipinski definition) is 2. The van der Waals surface area contributed by atoms with Crippen LogP contribution in [0.3, 0.4) is 0 Å². The van der Waals surface area contributed by atoms with Gasteiger partial charge >= 0.3 is 0 Å². The molecule has 0 aromatic rings. The van der Waals surface area contributed by atoms with Gasteiger partial charge in [0.25, 0.3) is 0 Å². The second kappa shape index (κ2) is 5.12. The van der Waals surface area contributed by atoms with Crippen LogP contribution in [0.1, 0.15) is 40.0 Å². The number of hydrogen-bond acceptors (Lipinski definition) is 3. The Balaban J connectivity index is 2.20. The minimum absolute atomic E-state index is 0.0551. The lowest BCUT2D eigenvalue weighted by molar-refractivity contribution is -0.154. The molecule has 0 aromatic heterocycles. The third-order valence-corrected chi connectivity index (χ3v) is 4.67. The van der Waals surface area contributed by atoms with Crippen molar-refractivity contribution >= 4 is 11.8 Å². The molecule has 2 aliphatic rings. The van der Waals surface area contributed by atoms with Gasteiger partial charge in [-0.25, -0.2) is 0 Å². The molecule has 0 spiro atoms. The van der Waals surface area contributed by atoms with Crippen molar-refractivity contribution in [3.05, 3.63) is 0 Å². The maximum absolute atomic E-state index is 12.8. The minimum Gasteiger partial charge on any atom is -0.352 e. The van der Waals surface area contributed by atoms with Crippen molar-refractivity contribution < 1.29 is 9.59 Å². The molecule has 1 saturated carbocycles. The number of carbonyl (C=O) groups excluding carboxylic acids is 2. The Morgan fingerprint density at radius 3 is 2.74 bits per heavy atom. The first-order chi connectivity index (χ1) is 8.85. The summed E-state index contributed by atoms with van der Waals surface area (Å²) in [5, 5.41) is 2.82. The predicted octanol–water partition coefficient (Wildman–Crippen LogP) is 0.487. The Labute approximate surface area is 114 Å². The molecule has 1 heterocycles. The van der Waals surface area contributed by atoms with Crippen molar-refractivity contribution in [1.29, 1.82) is 0 Å². The van der Waals surface area contributed by atoms with Gasteiger partial charge in [-0.15, -0.1) is 0 Å². The molecule has 2 fully saturated rings. The Morgan fingerprint density at radius 2 is 2.11 bits per heavy atom. The fourth-order valence-electron chi connectivity index (χ4n) is 3.35. The summed E-state index contributed by atoms with van der Waals surface area (Å²) >= 11 is 0. The molecule has 2 rings (SSSR count). The van der Waals surface area contributed by atoms with E-state index in [4.69, 9.17) is 5.73 Å². The van der Waals surface area contributed by atoms with E-state index < -0.39 is 5.54 Å². The summed E-state index contributed by atoms with van der Waals surface area (Å²) in [5.74, 6) is 0.139. The van der Waals surface area contributed by atoms with E-state index in [1.54, 1.807) is 18.7 Å². The molecule has 3 atom stereocenters. The van der Waals surface area contributed by atoms with Gasteiger partial charge < -0.3 is 16.0 Å². The third-order valence-electron chi connectivity index (χ3n) is 4.67. The van der Waals surface area contributed by atoms with Crippen molar-refractivity contribution in [2.75, 3.05) is 13.1 Å². The van der Waals surface area contributed by atoms with Gasteiger partial charge in [0, 0.05) is 19.1 Å². The smallest absolute Gasteiger partial charge is 0.245 e. The Bertz CT molecular complexity index is 371. The molecule has 1 aliphatic carbocycles. The molecule has 5 nitrogen and oxygen atoms in total. The molecular weight excluding hydrogens is 242 g/mol. The summed E-state index contributed by atoms with van der Waals surface area (Å²) in [4.78, 5) is 26.5. The summed E-state index contributed by atoms with van der Waals surface area (Å²) in [5.41, 5.74) is 5.38. The number of rotatable bonds is 1. The van der Waals surface area contributed by atoms with Crippen LogP contribution in [0, 0.1) is 11.8 Å². The van der Waals surface area contributed by atoms with Crippen molar-refractivity contribution in [1.82, 2.24) is 10.2 Å². The number of carbonyl (C=O) groups is 2. The Kier molecular flexibility index (Phi) is 3.85. The Hall–Kier alpha value is -1.10. The molecule has 0 bridgehead atoms. The lowest BCUT2D eigenvalue weighted by atomic mass is 9.75. The van der Waals surface area contributed by atoms with E-state index in [1.807, 2.05) is 0 Å². The molecule has 5 heteroatoms.